The zero-order chi connectivity index (χ0) is 8.10. The maximum absolute atomic E-state index is 5.09. The molecule has 0 fully saturated rings. The first-order valence-corrected chi connectivity index (χ1v) is 3.35. The molecule has 60 valence electrons. The predicted molar refractivity (Wildman–Crippen MR) is 39.8 cm³/mol. The number of aromatic nitrogens is 2. The monoisotopic (exact) mass is 154 g/mol. The van der Waals surface area contributed by atoms with E-state index in [1.54, 1.807) is 13.3 Å². The van der Waals surface area contributed by atoms with Gasteiger partial charge in [0.15, 0.2) is 0 Å². The summed E-state index contributed by atoms with van der Waals surface area (Å²) in [5.41, 5.74) is 0. The Labute approximate surface area is 65.2 Å². The van der Waals surface area contributed by atoms with E-state index in [1.165, 1.54) is 6.20 Å². The van der Waals surface area contributed by atoms with Crippen molar-refractivity contribution in [2.75, 3.05) is 13.7 Å². The highest BCUT2D eigenvalue weighted by Crippen LogP contribution is 2.09. The standard InChI is InChI=1S/C7H10N2O2/c1-3-11-7-5-8-4-6(9-7)10-2/h4-5H,3H2,1-2H3. The van der Waals surface area contributed by atoms with Crippen LogP contribution in [0.5, 0.6) is 11.8 Å². The van der Waals surface area contributed by atoms with Gasteiger partial charge in [-0.05, 0) is 6.92 Å². The zero-order valence-electron chi connectivity index (χ0n) is 6.57. The summed E-state index contributed by atoms with van der Waals surface area (Å²) in [6.45, 7) is 2.48. The largest absolute Gasteiger partial charge is 0.480 e. The van der Waals surface area contributed by atoms with Gasteiger partial charge >= 0.3 is 0 Å². The van der Waals surface area contributed by atoms with Crippen LogP contribution in [0.25, 0.3) is 0 Å². The number of ether oxygens (including phenoxy) is 2. The maximum Gasteiger partial charge on any atom is 0.235 e. The normalized spacial score (nSPS) is 9.27. The Hall–Kier alpha value is -1.32. The van der Waals surface area contributed by atoms with Crippen LogP contribution >= 0.6 is 0 Å². The molecule has 11 heavy (non-hydrogen) atoms. The average Bonchev–Trinajstić information content (AvgIpc) is 2.06. The van der Waals surface area contributed by atoms with Gasteiger partial charge in [-0.2, -0.15) is 4.98 Å². The van der Waals surface area contributed by atoms with Gasteiger partial charge in [-0.3, -0.25) is 4.98 Å². The zero-order valence-corrected chi connectivity index (χ0v) is 6.57. The highest BCUT2D eigenvalue weighted by atomic mass is 16.5. The third kappa shape index (κ3) is 2.07. The minimum atomic E-state index is 0.468. The van der Waals surface area contributed by atoms with Crippen molar-refractivity contribution in [1.82, 2.24) is 9.97 Å². The quantitative estimate of drug-likeness (QED) is 0.648. The predicted octanol–water partition coefficient (Wildman–Crippen LogP) is 0.884. The van der Waals surface area contributed by atoms with Crippen molar-refractivity contribution in [1.29, 1.82) is 0 Å². The van der Waals surface area contributed by atoms with E-state index in [4.69, 9.17) is 9.47 Å². The number of hydrogen-bond acceptors (Lipinski definition) is 4. The summed E-state index contributed by atoms with van der Waals surface area (Å²) < 4.78 is 9.94. The summed E-state index contributed by atoms with van der Waals surface area (Å²) >= 11 is 0. The van der Waals surface area contributed by atoms with Crippen molar-refractivity contribution in [3.63, 3.8) is 0 Å². The molecule has 0 aliphatic carbocycles. The molecule has 0 unspecified atom stereocenters. The summed E-state index contributed by atoms with van der Waals surface area (Å²) in [5, 5.41) is 0. The number of nitrogens with zero attached hydrogens (tertiary/aromatic N) is 2. The van der Waals surface area contributed by atoms with Crippen LogP contribution in [0.1, 0.15) is 6.92 Å². The lowest BCUT2D eigenvalue weighted by Crippen LogP contribution is -1.96. The Bertz CT molecular complexity index is 227. The molecule has 1 rings (SSSR count). The van der Waals surface area contributed by atoms with Crippen LogP contribution in [0.4, 0.5) is 0 Å². The Balaban J connectivity index is 2.74. The molecule has 1 aromatic rings. The molecule has 0 aliphatic heterocycles. The van der Waals surface area contributed by atoms with Crippen molar-refractivity contribution < 1.29 is 9.47 Å². The molecule has 4 nitrogen and oxygen atoms in total. The molecule has 0 radical (unpaired) electrons. The molecular weight excluding hydrogens is 144 g/mol. The fourth-order valence-corrected chi connectivity index (χ4v) is 0.647. The highest BCUT2D eigenvalue weighted by molar-refractivity contribution is 5.12. The molecule has 4 heteroatoms. The second kappa shape index (κ2) is 3.75. The number of rotatable bonds is 3. The summed E-state index contributed by atoms with van der Waals surface area (Å²) in [7, 11) is 1.54. The van der Waals surface area contributed by atoms with E-state index in [2.05, 4.69) is 9.97 Å². The van der Waals surface area contributed by atoms with Crippen molar-refractivity contribution in [2.24, 2.45) is 0 Å². The Kier molecular flexibility index (Phi) is 2.66. The van der Waals surface area contributed by atoms with E-state index in [0.717, 1.165) is 0 Å². The van der Waals surface area contributed by atoms with Gasteiger partial charge < -0.3 is 9.47 Å². The third-order valence-corrected chi connectivity index (χ3v) is 1.09. The molecule has 1 aromatic heterocycles. The summed E-state index contributed by atoms with van der Waals surface area (Å²) in [6.07, 6.45) is 3.08. The molecule has 0 aromatic carbocycles. The van der Waals surface area contributed by atoms with E-state index >= 15 is 0 Å². The van der Waals surface area contributed by atoms with Gasteiger partial charge in [-0.15, -0.1) is 0 Å². The third-order valence-electron chi connectivity index (χ3n) is 1.09. The molecule has 0 saturated heterocycles. The molecule has 0 saturated carbocycles. The lowest BCUT2D eigenvalue weighted by atomic mass is 10.7. The fourth-order valence-electron chi connectivity index (χ4n) is 0.647. The minimum Gasteiger partial charge on any atom is -0.480 e. The highest BCUT2D eigenvalue weighted by Gasteiger charge is 1.96. The first-order valence-electron chi connectivity index (χ1n) is 3.35. The Morgan fingerprint density at radius 1 is 1.36 bits per heavy atom. The van der Waals surface area contributed by atoms with Crippen molar-refractivity contribution in [3.8, 4) is 11.8 Å². The smallest absolute Gasteiger partial charge is 0.235 e. The van der Waals surface area contributed by atoms with Gasteiger partial charge in [0.1, 0.15) is 0 Å². The number of hydrogen-bond donors (Lipinski definition) is 0. The summed E-state index contributed by atoms with van der Waals surface area (Å²) in [4.78, 5) is 7.84. The lowest BCUT2D eigenvalue weighted by Gasteiger charge is -2.01. The van der Waals surface area contributed by atoms with Gasteiger partial charge in [0.05, 0.1) is 26.1 Å². The molecule has 0 atom stereocenters. The van der Waals surface area contributed by atoms with Gasteiger partial charge in [0.2, 0.25) is 11.8 Å². The Morgan fingerprint density at radius 3 is 2.73 bits per heavy atom. The number of methoxy groups -OCH3 is 1. The van der Waals surface area contributed by atoms with Gasteiger partial charge in [-0.1, -0.05) is 0 Å². The van der Waals surface area contributed by atoms with Crippen LogP contribution < -0.4 is 9.47 Å². The SMILES string of the molecule is CCOc1cncc(OC)n1. The molecule has 0 spiro atoms. The van der Waals surface area contributed by atoms with E-state index < -0.39 is 0 Å². The van der Waals surface area contributed by atoms with Crippen LogP contribution in [0, 0.1) is 0 Å². The van der Waals surface area contributed by atoms with E-state index in [0.29, 0.717) is 18.4 Å². The fraction of sp³-hybridized carbons (Fsp3) is 0.429. The topological polar surface area (TPSA) is 44.2 Å². The van der Waals surface area contributed by atoms with Crippen LogP contribution in [-0.4, -0.2) is 23.7 Å². The van der Waals surface area contributed by atoms with Crippen LogP contribution in [-0.2, 0) is 0 Å². The molecule has 0 N–H and O–H groups in total. The van der Waals surface area contributed by atoms with Crippen LogP contribution in [0.3, 0.4) is 0 Å². The van der Waals surface area contributed by atoms with E-state index in [9.17, 15) is 0 Å². The van der Waals surface area contributed by atoms with Crippen molar-refractivity contribution in [3.05, 3.63) is 12.4 Å². The maximum atomic E-state index is 5.09. The van der Waals surface area contributed by atoms with E-state index in [1.807, 2.05) is 6.92 Å². The molecule has 1 heterocycles. The van der Waals surface area contributed by atoms with Gasteiger partial charge in [0, 0.05) is 0 Å². The summed E-state index contributed by atoms with van der Waals surface area (Å²) in [6, 6.07) is 0. The van der Waals surface area contributed by atoms with Crippen LogP contribution in [0.2, 0.25) is 0 Å². The lowest BCUT2D eigenvalue weighted by molar-refractivity contribution is 0.314. The molecular formula is C7H10N2O2. The minimum absolute atomic E-state index is 0.468. The molecule has 0 aliphatic rings. The van der Waals surface area contributed by atoms with Crippen LogP contribution in [0.15, 0.2) is 12.4 Å². The second-order valence-corrected chi connectivity index (χ2v) is 1.83. The average molecular weight is 154 g/mol. The Morgan fingerprint density at radius 2 is 2.09 bits per heavy atom. The molecule has 0 bridgehead atoms. The van der Waals surface area contributed by atoms with Crippen molar-refractivity contribution in [2.45, 2.75) is 6.92 Å². The first-order chi connectivity index (χ1) is 5.36. The van der Waals surface area contributed by atoms with E-state index in [-0.39, 0.29) is 0 Å². The van der Waals surface area contributed by atoms with Gasteiger partial charge in [0.25, 0.3) is 0 Å². The van der Waals surface area contributed by atoms with Gasteiger partial charge in [-0.25, -0.2) is 0 Å². The molecule has 0 amide bonds. The summed E-state index contributed by atoms with van der Waals surface area (Å²) in [5.74, 6) is 0.961. The second-order valence-electron chi connectivity index (χ2n) is 1.83. The first kappa shape index (κ1) is 7.78. The van der Waals surface area contributed by atoms with Crippen molar-refractivity contribution >= 4 is 0 Å².